The number of aromatic nitrogens is 1. The summed E-state index contributed by atoms with van der Waals surface area (Å²) in [6, 6.07) is 3.63. The summed E-state index contributed by atoms with van der Waals surface area (Å²) < 4.78 is 6.93. The molecule has 1 aliphatic heterocycles. The SMILES string of the molecule is CCOC(=O)NC1CC=CC2CN(c3ccc4c(=O)c(C(=O)O)cn(C5CC5)c4c3Cl)CC21. The van der Waals surface area contributed by atoms with Gasteiger partial charge in [0.05, 0.1) is 22.8 Å². The Balaban J connectivity index is 1.50. The van der Waals surface area contributed by atoms with Crippen molar-refractivity contribution < 1.29 is 19.4 Å². The van der Waals surface area contributed by atoms with Gasteiger partial charge in [-0.05, 0) is 38.3 Å². The molecule has 2 fully saturated rings. The quantitative estimate of drug-likeness (QED) is 0.643. The van der Waals surface area contributed by atoms with Crippen LogP contribution in [0.4, 0.5) is 10.5 Å². The van der Waals surface area contributed by atoms with Crippen LogP contribution >= 0.6 is 11.6 Å². The molecule has 1 saturated carbocycles. The molecule has 1 saturated heterocycles. The maximum Gasteiger partial charge on any atom is 0.407 e. The number of hydrogen-bond acceptors (Lipinski definition) is 5. The maximum absolute atomic E-state index is 12.8. The number of carbonyl (C=O) groups is 2. The highest BCUT2D eigenvalue weighted by atomic mass is 35.5. The number of alkyl carbamates (subject to hydrolysis) is 1. The highest BCUT2D eigenvalue weighted by Crippen LogP contribution is 2.43. The Kier molecular flexibility index (Phi) is 5.56. The highest BCUT2D eigenvalue weighted by molar-refractivity contribution is 6.38. The lowest BCUT2D eigenvalue weighted by Crippen LogP contribution is -2.44. The number of carboxylic acid groups (broad SMARTS) is 1. The minimum atomic E-state index is -1.23. The fourth-order valence-electron chi connectivity index (χ4n) is 5.18. The van der Waals surface area contributed by atoms with Crippen molar-refractivity contribution in [3.8, 4) is 0 Å². The lowest BCUT2D eigenvalue weighted by atomic mass is 9.83. The first-order valence-corrected chi connectivity index (χ1v) is 11.7. The number of anilines is 1. The van der Waals surface area contributed by atoms with E-state index in [2.05, 4.69) is 22.4 Å². The van der Waals surface area contributed by atoms with Crippen molar-refractivity contribution in [3.05, 3.63) is 51.3 Å². The molecule has 1 aromatic carbocycles. The van der Waals surface area contributed by atoms with Crippen LogP contribution in [0.1, 0.15) is 42.6 Å². The molecular weight excluding hydrogens is 446 g/mol. The predicted molar refractivity (Wildman–Crippen MR) is 125 cm³/mol. The number of carbonyl (C=O) groups excluding carboxylic acids is 1. The molecule has 2 aliphatic carbocycles. The summed E-state index contributed by atoms with van der Waals surface area (Å²) in [7, 11) is 0. The van der Waals surface area contributed by atoms with Gasteiger partial charge in [-0.25, -0.2) is 9.59 Å². The van der Waals surface area contributed by atoms with Gasteiger partial charge in [-0.3, -0.25) is 4.79 Å². The molecule has 0 bridgehead atoms. The molecule has 3 atom stereocenters. The van der Waals surface area contributed by atoms with Crippen molar-refractivity contribution in [1.82, 2.24) is 9.88 Å². The third kappa shape index (κ3) is 3.86. The summed E-state index contributed by atoms with van der Waals surface area (Å²) in [5, 5.41) is 13.3. The van der Waals surface area contributed by atoms with Gasteiger partial charge in [0.25, 0.3) is 0 Å². The molecule has 9 heteroatoms. The largest absolute Gasteiger partial charge is 0.477 e. The van der Waals surface area contributed by atoms with Gasteiger partial charge in [0.1, 0.15) is 5.56 Å². The van der Waals surface area contributed by atoms with Crippen LogP contribution in [0, 0.1) is 11.8 Å². The van der Waals surface area contributed by atoms with E-state index in [9.17, 15) is 19.5 Å². The summed E-state index contributed by atoms with van der Waals surface area (Å²) in [6.07, 6.45) is 7.94. The molecule has 2 heterocycles. The molecule has 1 amide bonds. The third-order valence-corrected chi connectivity index (χ3v) is 7.28. The van der Waals surface area contributed by atoms with Gasteiger partial charge in [0.2, 0.25) is 5.43 Å². The van der Waals surface area contributed by atoms with Crippen molar-refractivity contribution in [2.45, 2.75) is 38.3 Å². The second-order valence-electron chi connectivity index (χ2n) is 8.98. The van der Waals surface area contributed by atoms with Gasteiger partial charge >= 0.3 is 12.1 Å². The molecule has 2 aromatic rings. The Hall–Kier alpha value is -3.00. The molecule has 174 valence electrons. The minimum absolute atomic E-state index is 0.0222. The summed E-state index contributed by atoms with van der Waals surface area (Å²) in [5.41, 5.74) is 0.667. The number of benzene rings is 1. The van der Waals surface area contributed by atoms with Crippen LogP contribution in [0.3, 0.4) is 0 Å². The first kappa shape index (κ1) is 21.8. The lowest BCUT2D eigenvalue weighted by Gasteiger charge is -2.29. The number of ether oxygens (including phenoxy) is 1. The molecule has 5 rings (SSSR count). The monoisotopic (exact) mass is 471 g/mol. The van der Waals surface area contributed by atoms with Crippen LogP contribution in [0.25, 0.3) is 10.9 Å². The predicted octanol–water partition coefficient (Wildman–Crippen LogP) is 3.82. The van der Waals surface area contributed by atoms with Crippen LogP contribution in [0.15, 0.2) is 35.3 Å². The van der Waals surface area contributed by atoms with E-state index < -0.39 is 17.5 Å². The molecule has 2 N–H and O–H groups in total. The molecule has 3 unspecified atom stereocenters. The van der Waals surface area contributed by atoms with E-state index in [1.807, 2.05) is 10.6 Å². The number of halogens is 1. The van der Waals surface area contributed by atoms with E-state index >= 15 is 0 Å². The zero-order valence-electron chi connectivity index (χ0n) is 18.3. The number of carboxylic acids is 1. The van der Waals surface area contributed by atoms with Crippen LogP contribution in [0.2, 0.25) is 5.02 Å². The highest BCUT2D eigenvalue weighted by Gasteiger charge is 2.40. The van der Waals surface area contributed by atoms with Crippen LogP contribution in [-0.2, 0) is 4.74 Å². The second-order valence-corrected chi connectivity index (χ2v) is 9.36. The first-order chi connectivity index (χ1) is 15.9. The summed E-state index contributed by atoms with van der Waals surface area (Å²) in [6.45, 7) is 3.56. The summed E-state index contributed by atoms with van der Waals surface area (Å²) >= 11 is 6.91. The fraction of sp³-hybridized carbons (Fsp3) is 0.458. The number of rotatable bonds is 5. The zero-order chi connectivity index (χ0) is 23.3. The van der Waals surface area contributed by atoms with E-state index in [-0.39, 0.29) is 29.5 Å². The van der Waals surface area contributed by atoms with Crippen LogP contribution < -0.4 is 15.6 Å². The number of fused-ring (bicyclic) bond motifs is 2. The molecule has 8 nitrogen and oxygen atoms in total. The third-order valence-electron chi connectivity index (χ3n) is 6.90. The van der Waals surface area contributed by atoms with E-state index in [4.69, 9.17) is 16.3 Å². The van der Waals surface area contributed by atoms with Gasteiger partial charge < -0.3 is 24.6 Å². The Labute approximate surface area is 195 Å². The summed E-state index contributed by atoms with van der Waals surface area (Å²) in [5.74, 6) is -0.754. The van der Waals surface area contributed by atoms with Crippen molar-refractivity contribution in [1.29, 1.82) is 0 Å². The first-order valence-electron chi connectivity index (χ1n) is 11.3. The minimum Gasteiger partial charge on any atom is -0.477 e. The maximum atomic E-state index is 12.8. The Morgan fingerprint density at radius 1 is 1.27 bits per heavy atom. The zero-order valence-corrected chi connectivity index (χ0v) is 19.0. The van der Waals surface area contributed by atoms with Gasteiger partial charge in [-0.1, -0.05) is 23.8 Å². The van der Waals surface area contributed by atoms with Gasteiger partial charge in [0, 0.05) is 48.6 Å². The average molecular weight is 472 g/mol. The van der Waals surface area contributed by atoms with Crippen LogP contribution in [-0.4, -0.2) is 47.5 Å². The molecule has 1 aromatic heterocycles. The van der Waals surface area contributed by atoms with E-state index in [0.717, 1.165) is 31.5 Å². The van der Waals surface area contributed by atoms with E-state index in [1.165, 1.54) is 6.20 Å². The molecule has 33 heavy (non-hydrogen) atoms. The van der Waals surface area contributed by atoms with Crippen LogP contribution in [0.5, 0.6) is 0 Å². The Morgan fingerprint density at radius 3 is 2.76 bits per heavy atom. The topological polar surface area (TPSA) is 101 Å². The normalized spacial score (nSPS) is 24.1. The smallest absolute Gasteiger partial charge is 0.407 e. The Bertz CT molecular complexity index is 1220. The van der Waals surface area contributed by atoms with E-state index in [0.29, 0.717) is 29.1 Å². The summed E-state index contributed by atoms with van der Waals surface area (Å²) in [4.78, 5) is 38.6. The van der Waals surface area contributed by atoms with Crippen molar-refractivity contribution in [2.24, 2.45) is 11.8 Å². The number of pyridine rings is 1. The second kappa shape index (κ2) is 8.41. The fourth-order valence-corrected chi connectivity index (χ4v) is 5.56. The van der Waals surface area contributed by atoms with Gasteiger partial charge in [-0.15, -0.1) is 0 Å². The number of nitrogens with one attached hydrogen (secondary N) is 1. The van der Waals surface area contributed by atoms with Gasteiger partial charge in [0.15, 0.2) is 0 Å². The standard InChI is InChI=1S/C24H26ClN3O5/c1-2-33-24(32)26-18-5-3-4-13-10-27(11-16(13)18)19-9-8-15-21(20(19)25)28(14-6-7-14)12-17(22(15)29)23(30)31/h3-4,8-9,12-14,16,18H,2,5-7,10-11H2,1H3,(H,26,32)(H,30,31). The van der Waals surface area contributed by atoms with Crippen molar-refractivity contribution in [2.75, 3.05) is 24.6 Å². The van der Waals surface area contributed by atoms with Crippen molar-refractivity contribution >= 4 is 40.3 Å². The average Bonchev–Trinajstić information content (AvgIpc) is 3.53. The number of aromatic carboxylic acids is 1. The molecule has 3 aliphatic rings. The molecule has 0 spiro atoms. The molecular formula is C24H26ClN3O5. The number of hydrogen-bond donors (Lipinski definition) is 2. The number of nitrogens with zero attached hydrogens (tertiary/aromatic N) is 2. The van der Waals surface area contributed by atoms with Crippen molar-refractivity contribution in [3.63, 3.8) is 0 Å². The van der Waals surface area contributed by atoms with E-state index in [1.54, 1.807) is 13.0 Å². The number of amides is 1. The lowest BCUT2D eigenvalue weighted by molar-refractivity contribution is 0.0694. The Morgan fingerprint density at radius 2 is 2.06 bits per heavy atom. The molecule has 0 radical (unpaired) electrons. The van der Waals surface area contributed by atoms with Gasteiger partial charge in [-0.2, -0.15) is 0 Å².